The molecule has 2 aromatic rings. The van der Waals surface area contributed by atoms with E-state index in [1.807, 2.05) is 6.26 Å². The highest BCUT2D eigenvalue weighted by atomic mass is 32.2. The normalized spacial score (nSPS) is 10.0. The van der Waals surface area contributed by atoms with Crippen LogP contribution < -0.4 is 5.32 Å². The lowest BCUT2D eigenvalue weighted by molar-refractivity contribution is 0.0602. The maximum Gasteiger partial charge on any atom is 0.339 e. The van der Waals surface area contributed by atoms with Crippen molar-refractivity contribution >= 4 is 29.3 Å². The molecule has 0 unspecified atom stereocenters. The molecule has 21 heavy (non-hydrogen) atoms. The molecule has 1 amide bonds. The van der Waals surface area contributed by atoms with Crippen LogP contribution in [0.25, 0.3) is 0 Å². The number of hydrogen-bond acceptors (Lipinski definition) is 6. The van der Waals surface area contributed by atoms with Gasteiger partial charge in [0.25, 0.3) is 5.91 Å². The highest BCUT2D eigenvalue weighted by Crippen LogP contribution is 2.17. The van der Waals surface area contributed by atoms with Gasteiger partial charge in [-0.1, -0.05) is 23.9 Å². The fraction of sp³-hybridized carbons (Fsp3) is 0.143. The Morgan fingerprint density at radius 3 is 2.48 bits per heavy atom. The van der Waals surface area contributed by atoms with E-state index in [0.717, 1.165) is 0 Å². The first-order chi connectivity index (χ1) is 10.2. The van der Waals surface area contributed by atoms with Crippen LogP contribution in [-0.4, -0.2) is 35.2 Å². The summed E-state index contributed by atoms with van der Waals surface area (Å²) < 4.78 is 4.68. The summed E-state index contributed by atoms with van der Waals surface area (Å²) in [5.74, 6) is -0.904. The molecule has 0 spiro atoms. The Morgan fingerprint density at radius 2 is 1.86 bits per heavy atom. The SMILES string of the molecule is COC(=O)c1ccccc1NC(=O)c1cnc(SC)nc1. The molecule has 0 aliphatic carbocycles. The zero-order valence-corrected chi connectivity index (χ0v) is 12.3. The summed E-state index contributed by atoms with van der Waals surface area (Å²) in [5.41, 5.74) is 0.978. The first kappa shape index (κ1) is 15.0. The number of carbonyl (C=O) groups excluding carboxylic acids is 2. The number of benzene rings is 1. The Labute approximate surface area is 125 Å². The number of hydrogen-bond donors (Lipinski definition) is 1. The monoisotopic (exact) mass is 303 g/mol. The van der Waals surface area contributed by atoms with Crippen molar-refractivity contribution in [2.24, 2.45) is 0 Å². The van der Waals surface area contributed by atoms with E-state index in [4.69, 9.17) is 0 Å². The van der Waals surface area contributed by atoms with Crippen LogP contribution in [0.5, 0.6) is 0 Å². The van der Waals surface area contributed by atoms with Gasteiger partial charge in [-0.3, -0.25) is 4.79 Å². The quantitative estimate of drug-likeness (QED) is 0.530. The van der Waals surface area contributed by atoms with Gasteiger partial charge in [-0.05, 0) is 18.4 Å². The number of amides is 1. The molecule has 1 N–H and O–H groups in total. The standard InChI is InChI=1S/C14H13N3O3S/c1-20-13(19)10-5-3-4-6-11(10)17-12(18)9-7-15-14(21-2)16-8-9/h3-8H,1-2H3,(H,17,18). The van der Waals surface area contributed by atoms with E-state index in [2.05, 4.69) is 20.0 Å². The third kappa shape index (κ3) is 3.57. The van der Waals surface area contributed by atoms with E-state index in [0.29, 0.717) is 16.4 Å². The van der Waals surface area contributed by atoms with Crippen LogP contribution in [0, 0.1) is 0 Å². The molecule has 0 radical (unpaired) electrons. The Hall–Kier alpha value is -2.41. The minimum Gasteiger partial charge on any atom is -0.465 e. The molecule has 0 atom stereocenters. The van der Waals surface area contributed by atoms with Crippen LogP contribution in [-0.2, 0) is 4.74 Å². The maximum absolute atomic E-state index is 12.1. The van der Waals surface area contributed by atoms with Crippen LogP contribution in [0.3, 0.4) is 0 Å². The van der Waals surface area contributed by atoms with Gasteiger partial charge >= 0.3 is 5.97 Å². The topological polar surface area (TPSA) is 81.2 Å². The van der Waals surface area contributed by atoms with Gasteiger partial charge in [0, 0.05) is 12.4 Å². The van der Waals surface area contributed by atoms with Crippen molar-refractivity contribution in [1.82, 2.24) is 9.97 Å². The molecule has 7 heteroatoms. The lowest BCUT2D eigenvalue weighted by Crippen LogP contribution is -2.16. The molecular formula is C14H13N3O3S. The predicted octanol–water partition coefficient (Wildman–Crippen LogP) is 2.24. The Morgan fingerprint density at radius 1 is 1.19 bits per heavy atom. The summed E-state index contributed by atoms with van der Waals surface area (Å²) >= 11 is 1.39. The Balaban J connectivity index is 2.21. The van der Waals surface area contributed by atoms with Gasteiger partial charge in [0.1, 0.15) is 0 Å². The Kier molecular flexibility index (Phi) is 4.89. The summed E-state index contributed by atoms with van der Waals surface area (Å²) in [4.78, 5) is 31.8. The molecule has 0 fully saturated rings. The van der Waals surface area contributed by atoms with Crippen molar-refractivity contribution in [1.29, 1.82) is 0 Å². The van der Waals surface area contributed by atoms with E-state index < -0.39 is 5.97 Å². The van der Waals surface area contributed by atoms with E-state index >= 15 is 0 Å². The van der Waals surface area contributed by atoms with Crippen molar-refractivity contribution in [3.63, 3.8) is 0 Å². The van der Waals surface area contributed by atoms with Crippen LogP contribution in [0.2, 0.25) is 0 Å². The third-order valence-corrected chi connectivity index (χ3v) is 3.23. The molecule has 1 heterocycles. The van der Waals surface area contributed by atoms with Crippen molar-refractivity contribution in [3.05, 3.63) is 47.8 Å². The third-order valence-electron chi connectivity index (χ3n) is 2.65. The number of ether oxygens (including phenoxy) is 1. The first-order valence-electron chi connectivity index (χ1n) is 6.00. The zero-order chi connectivity index (χ0) is 15.2. The summed E-state index contributed by atoms with van der Waals surface area (Å²) in [5, 5.41) is 3.24. The lowest BCUT2D eigenvalue weighted by Gasteiger charge is -2.09. The van der Waals surface area contributed by atoms with E-state index in [1.165, 1.54) is 31.3 Å². The van der Waals surface area contributed by atoms with E-state index in [9.17, 15) is 9.59 Å². The zero-order valence-electron chi connectivity index (χ0n) is 11.5. The molecule has 0 aliphatic heterocycles. The van der Waals surface area contributed by atoms with Crippen LogP contribution in [0.4, 0.5) is 5.69 Å². The summed E-state index contributed by atoms with van der Waals surface area (Å²) in [6, 6.07) is 6.61. The number of esters is 1. The molecule has 0 saturated heterocycles. The van der Waals surface area contributed by atoms with Gasteiger partial charge in [0.05, 0.1) is 23.9 Å². The molecule has 108 valence electrons. The molecule has 1 aromatic carbocycles. The van der Waals surface area contributed by atoms with Crippen LogP contribution in [0.15, 0.2) is 41.8 Å². The molecular weight excluding hydrogens is 290 g/mol. The van der Waals surface area contributed by atoms with Crippen LogP contribution >= 0.6 is 11.8 Å². The average molecular weight is 303 g/mol. The lowest BCUT2D eigenvalue weighted by atomic mass is 10.1. The largest absolute Gasteiger partial charge is 0.465 e. The van der Waals surface area contributed by atoms with Gasteiger partial charge in [-0.15, -0.1) is 0 Å². The number of anilines is 1. The molecule has 1 aromatic heterocycles. The summed E-state index contributed by atoms with van der Waals surface area (Å²) in [6.07, 6.45) is 4.73. The molecule has 6 nitrogen and oxygen atoms in total. The summed E-state index contributed by atoms with van der Waals surface area (Å²) in [6.45, 7) is 0. The fourth-order valence-electron chi connectivity index (χ4n) is 1.61. The van der Waals surface area contributed by atoms with Gasteiger partial charge in [-0.2, -0.15) is 0 Å². The second-order valence-electron chi connectivity index (χ2n) is 3.95. The van der Waals surface area contributed by atoms with Crippen molar-refractivity contribution in [3.8, 4) is 0 Å². The predicted molar refractivity (Wildman–Crippen MR) is 79.5 cm³/mol. The molecule has 2 rings (SSSR count). The van der Waals surface area contributed by atoms with Crippen molar-refractivity contribution < 1.29 is 14.3 Å². The number of para-hydroxylation sites is 1. The van der Waals surface area contributed by atoms with Gasteiger partial charge in [-0.25, -0.2) is 14.8 Å². The number of nitrogens with zero attached hydrogens (tertiary/aromatic N) is 2. The highest BCUT2D eigenvalue weighted by molar-refractivity contribution is 7.98. The fourth-order valence-corrected chi connectivity index (χ4v) is 1.93. The highest BCUT2D eigenvalue weighted by Gasteiger charge is 2.14. The van der Waals surface area contributed by atoms with Crippen molar-refractivity contribution in [2.75, 3.05) is 18.7 Å². The van der Waals surface area contributed by atoms with Gasteiger partial charge in [0.2, 0.25) is 0 Å². The average Bonchev–Trinajstić information content (AvgIpc) is 2.54. The number of methoxy groups -OCH3 is 1. The van der Waals surface area contributed by atoms with Gasteiger partial charge < -0.3 is 10.1 Å². The van der Waals surface area contributed by atoms with Crippen LogP contribution in [0.1, 0.15) is 20.7 Å². The van der Waals surface area contributed by atoms with E-state index in [-0.39, 0.29) is 11.5 Å². The number of nitrogens with one attached hydrogen (secondary N) is 1. The molecule has 0 bridgehead atoms. The van der Waals surface area contributed by atoms with Gasteiger partial charge in [0.15, 0.2) is 5.16 Å². The molecule has 0 aliphatic rings. The maximum atomic E-state index is 12.1. The second-order valence-corrected chi connectivity index (χ2v) is 4.72. The smallest absolute Gasteiger partial charge is 0.339 e. The minimum atomic E-state index is -0.514. The number of thioether (sulfide) groups is 1. The Bertz CT molecular complexity index is 659. The molecule has 0 saturated carbocycles. The first-order valence-corrected chi connectivity index (χ1v) is 7.23. The second kappa shape index (κ2) is 6.85. The van der Waals surface area contributed by atoms with E-state index in [1.54, 1.807) is 24.3 Å². The number of rotatable bonds is 4. The number of carbonyl (C=O) groups is 2. The summed E-state index contributed by atoms with van der Waals surface area (Å²) in [7, 11) is 1.29. The number of aromatic nitrogens is 2. The minimum absolute atomic E-state index is 0.287. The van der Waals surface area contributed by atoms with Crippen molar-refractivity contribution in [2.45, 2.75) is 5.16 Å².